The van der Waals surface area contributed by atoms with Crippen molar-refractivity contribution in [3.8, 4) is 0 Å². The molecule has 0 unspecified atom stereocenters. The third-order valence-corrected chi connectivity index (χ3v) is 6.72. The maximum Gasteiger partial charge on any atom is 0.286 e. The van der Waals surface area contributed by atoms with Gasteiger partial charge in [0.25, 0.3) is 5.91 Å². The van der Waals surface area contributed by atoms with Gasteiger partial charge >= 0.3 is 0 Å². The number of carbonyl (C=O) groups is 1. The Morgan fingerprint density at radius 1 is 0.906 bits per heavy atom. The fraction of sp³-hybridized carbons (Fsp3) is 0.0800. The molecule has 0 spiro atoms. The molecule has 3 aromatic carbocycles. The lowest BCUT2D eigenvalue weighted by molar-refractivity contribution is -0.113. The first kappa shape index (κ1) is 21.0. The third kappa shape index (κ3) is 4.37. The van der Waals surface area contributed by atoms with Gasteiger partial charge in [-0.05, 0) is 58.8 Å². The molecular weight excluding hydrogens is 461 g/mol. The van der Waals surface area contributed by atoms with Gasteiger partial charge in [0.2, 0.25) is 0 Å². The van der Waals surface area contributed by atoms with E-state index in [-0.39, 0.29) is 11.9 Å². The highest BCUT2D eigenvalue weighted by atomic mass is 35.5. The minimum atomic E-state index is -0.262. The standard InChI is InChI=1S/C25H17Cl2N3OS/c26-19-10-6-16(7-11-19)14-23-24(31)28-25(32-23)30-22(18-4-2-1-3-5-18)15-21(29-30)17-8-12-20(27)13-9-17/h1-14,22H,15H2/b23-14-/t22-/m0/s1. The first-order valence-electron chi connectivity index (χ1n) is 10.0. The van der Waals surface area contributed by atoms with Crippen LogP contribution in [0.15, 0.2) is 93.9 Å². The number of hydrazone groups is 1. The summed E-state index contributed by atoms with van der Waals surface area (Å²) in [6, 6.07) is 25.1. The number of hydrogen-bond donors (Lipinski definition) is 0. The molecular formula is C25H17Cl2N3OS. The van der Waals surface area contributed by atoms with Crippen LogP contribution in [-0.4, -0.2) is 21.8 Å². The molecule has 0 bridgehead atoms. The zero-order chi connectivity index (χ0) is 22.1. The Morgan fingerprint density at radius 3 is 2.25 bits per heavy atom. The molecule has 0 radical (unpaired) electrons. The minimum Gasteiger partial charge on any atom is -0.266 e. The Labute approximate surface area is 200 Å². The van der Waals surface area contributed by atoms with E-state index in [4.69, 9.17) is 28.3 Å². The maximum atomic E-state index is 12.7. The summed E-state index contributed by atoms with van der Waals surface area (Å²) < 4.78 is 0. The van der Waals surface area contributed by atoms with E-state index in [0.29, 0.717) is 26.5 Å². The molecule has 0 N–H and O–H groups in total. The van der Waals surface area contributed by atoms with Crippen LogP contribution in [0.1, 0.15) is 29.2 Å². The van der Waals surface area contributed by atoms with Crippen LogP contribution < -0.4 is 0 Å². The first-order chi connectivity index (χ1) is 15.6. The van der Waals surface area contributed by atoms with E-state index in [0.717, 1.165) is 22.4 Å². The third-order valence-electron chi connectivity index (χ3n) is 5.25. The van der Waals surface area contributed by atoms with Crippen LogP contribution in [0.3, 0.4) is 0 Å². The fourth-order valence-corrected chi connectivity index (χ4v) is 4.81. The van der Waals surface area contributed by atoms with Gasteiger partial charge in [-0.2, -0.15) is 10.1 Å². The molecule has 1 amide bonds. The molecule has 32 heavy (non-hydrogen) atoms. The van der Waals surface area contributed by atoms with Crippen molar-refractivity contribution < 1.29 is 4.79 Å². The number of halogens is 2. The van der Waals surface area contributed by atoms with Crippen LogP contribution in [0.25, 0.3) is 6.08 Å². The molecule has 2 aliphatic rings. The van der Waals surface area contributed by atoms with E-state index in [9.17, 15) is 4.79 Å². The van der Waals surface area contributed by atoms with Crippen molar-refractivity contribution in [2.75, 3.05) is 0 Å². The molecule has 5 rings (SSSR count). The van der Waals surface area contributed by atoms with Crippen LogP contribution in [-0.2, 0) is 4.79 Å². The predicted octanol–water partition coefficient (Wildman–Crippen LogP) is 6.82. The smallest absolute Gasteiger partial charge is 0.266 e. The summed E-state index contributed by atoms with van der Waals surface area (Å²) in [6.45, 7) is 0. The van der Waals surface area contributed by atoms with Gasteiger partial charge in [-0.3, -0.25) is 4.79 Å². The number of rotatable bonds is 3. The summed E-state index contributed by atoms with van der Waals surface area (Å²) >= 11 is 13.4. The Morgan fingerprint density at radius 2 is 1.56 bits per heavy atom. The molecule has 0 saturated heterocycles. The molecule has 1 atom stereocenters. The van der Waals surface area contributed by atoms with Crippen molar-refractivity contribution in [1.29, 1.82) is 0 Å². The SMILES string of the molecule is O=C1N=C(N2N=C(c3ccc(Cl)cc3)C[C@H]2c2ccccc2)S/C1=C\c1ccc(Cl)cc1. The number of amides is 1. The van der Waals surface area contributed by atoms with Crippen molar-refractivity contribution in [3.05, 3.63) is 111 Å². The topological polar surface area (TPSA) is 45.0 Å². The van der Waals surface area contributed by atoms with E-state index < -0.39 is 0 Å². The highest BCUT2D eigenvalue weighted by molar-refractivity contribution is 8.18. The first-order valence-corrected chi connectivity index (χ1v) is 11.6. The monoisotopic (exact) mass is 477 g/mol. The Kier molecular flexibility index (Phi) is 5.87. The van der Waals surface area contributed by atoms with E-state index in [1.54, 1.807) is 12.1 Å². The minimum absolute atomic E-state index is 0.0455. The summed E-state index contributed by atoms with van der Waals surface area (Å²) in [7, 11) is 0. The average molecular weight is 478 g/mol. The molecule has 0 saturated carbocycles. The van der Waals surface area contributed by atoms with Gasteiger partial charge in [-0.15, -0.1) is 0 Å². The lowest BCUT2D eigenvalue weighted by Gasteiger charge is -2.22. The number of nitrogens with zero attached hydrogens (tertiary/aromatic N) is 3. The van der Waals surface area contributed by atoms with Gasteiger partial charge in [0.1, 0.15) is 0 Å². The van der Waals surface area contributed by atoms with Crippen LogP contribution in [0, 0.1) is 0 Å². The molecule has 0 aromatic heterocycles. The second kappa shape index (κ2) is 8.94. The van der Waals surface area contributed by atoms with Gasteiger partial charge in [0.15, 0.2) is 5.17 Å². The Balaban J connectivity index is 1.47. The van der Waals surface area contributed by atoms with Crippen LogP contribution >= 0.6 is 35.0 Å². The van der Waals surface area contributed by atoms with E-state index in [1.807, 2.05) is 65.7 Å². The summed E-state index contributed by atoms with van der Waals surface area (Å²) in [4.78, 5) is 17.5. The molecule has 4 nitrogen and oxygen atoms in total. The number of thioether (sulfide) groups is 1. The molecule has 2 aliphatic heterocycles. The summed E-state index contributed by atoms with van der Waals surface area (Å²) in [5.74, 6) is -0.262. The maximum absolute atomic E-state index is 12.7. The largest absolute Gasteiger partial charge is 0.286 e. The summed E-state index contributed by atoms with van der Waals surface area (Å²) in [5, 5.41) is 8.65. The Hall–Kier alpha value is -2.86. The average Bonchev–Trinajstić information content (AvgIpc) is 3.41. The molecule has 3 aromatic rings. The number of aliphatic imine (C=N–C) groups is 1. The highest BCUT2D eigenvalue weighted by Crippen LogP contribution is 2.39. The van der Waals surface area contributed by atoms with Gasteiger partial charge in [-0.25, -0.2) is 5.01 Å². The molecule has 158 valence electrons. The molecule has 7 heteroatoms. The molecule has 0 fully saturated rings. The molecule has 0 aliphatic carbocycles. The quantitative estimate of drug-likeness (QED) is 0.388. The number of carbonyl (C=O) groups excluding carboxylic acids is 1. The van der Waals surface area contributed by atoms with Crippen LogP contribution in [0.4, 0.5) is 0 Å². The predicted molar refractivity (Wildman–Crippen MR) is 133 cm³/mol. The van der Waals surface area contributed by atoms with Crippen molar-refractivity contribution in [2.45, 2.75) is 12.5 Å². The summed E-state index contributed by atoms with van der Waals surface area (Å²) in [5.41, 5.74) is 3.95. The lowest BCUT2D eigenvalue weighted by Crippen LogP contribution is -2.23. The normalized spacial score (nSPS) is 19.4. The van der Waals surface area contributed by atoms with E-state index in [1.165, 1.54) is 11.8 Å². The van der Waals surface area contributed by atoms with E-state index in [2.05, 4.69) is 17.1 Å². The van der Waals surface area contributed by atoms with Gasteiger partial charge in [0.05, 0.1) is 16.7 Å². The van der Waals surface area contributed by atoms with Crippen LogP contribution in [0.5, 0.6) is 0 Å². The van der Waals surface area contributed by atoms with Crippen molar-refractivity contribution in [3.63, 3.8) is 0 Å². The second-order valence-electron chi connectivity index (χ2n) is 7.39. The van der Waals surface area contributed by atoms with Gasteiger partial charge in [-0.1, -0.05) is 77.8 Å². The fourth-order valence-electron chi connectivity index (χ4n) is 3.64. The number of benzene rings is 3. The zero-order valence-corrected chi connectivity index (χ0v) is 19.1. The van der Waals surface area contributed by atoms with Crippen molar-refractivity contribution in [2.24, 2.45) is 10.1 Å². The summed E-state index contributed by atoms with van der Waals surface area (Å²) in [6.07, 6.45) is 2.53. The van der Waals surface area contributed by atoms with Crippen molar-refractivity contribution in [1.82, 2.24) is 5.01 Å². The van der Waals surface area contributed by atoms with Crippen molar-refractivity contribution >= 4 is 57.8 Å². The van der Waals surface area contributed by atoms with Gasteiger partial charge < -0.3 is 0 Å². The number of amidine groups is 1. The number of hydrogen-bond acceptors (Lipinski definition) is 4. The molecule has 2 heterocycles. The zero-order valence-electron chi connectivity index (χ0n) is 16.8. The van der Waals surface area contributed by atoms with Crippen LogP contribution in [0.2, 0.25) is 10.0 Å². The Bertz CT molecular complexity index is 1250. The second-order valence-corrected chi connectivity index (χ2v) is 9.27. The lowest BCUT2D eigenvalue weighted by atomic mass is 9.99. The van der Waals surface area contributed by atoms with Gasteiger partial charge in [0, 0.05) is 16.5 Å². The highest BCUT2D eigenvalue weighted by Gasteiger charge is 2.36. The van der Waals surface area contributed by atoms with E-state index >= 15 is 0 Å².